The van der Waals surface area contributed by atoms with Crippen molar-refractivity contribution >= 4 is 0 Å². The minimum Gasteiger partial charge on any atom is -0.312 e. The first kappa shape index (κ1) is 12.1. The lowest BCUT2D eigenvalue weighted by Gasteiger charge is -2.10. The average Bonchev–Trinajstić information content (AvgIpc) is 2.21. The van der Waals surface area contributed by atoms with E-state index in [2.05, 4.69) is 19.2 Å². The van der Waals surface area contributed by atoms with E-state index in [-0.39, 0.29) is 0 Å². The summed E-state index contributed by atoms with van der Waals surface area (Å²) in [6.07, 6.45) is 1.10. The second-order valence-corrected chi connectivity index (χ2v) is 3.88. The summed E-state index contributed by atoms with van der Waals surface area (Å²) in [6, 6.07) is 3.68. The van der Waals surface area contributed by atoms with Crippen LogP contribution in [-0.4, -0.2) is 6.54 Å². The molecular weight excluding hydrogens is 196 g/mol. The number of benzene rings is 1. The first-order chi connectivity index (χ1) is 7.13. The molecule has 0 aliphatic rings. The highest BCUT2D eigenvalue weighted by molar-refractivity contribution is 5.18. The van der Waals surface area contributed by atoms with Gasteiger partial charge in [0.05, 0.1) is 0 Å². The third-order valence-corrected chi connectivity index (χ3v) is 2.52. The fraction of sp³-hybridized carbons (Fsp3) is 0.500. The maximum absolute atomic E-state index is 13.2. The van der Waals surface area contributed by atoms with Gasteiger partial charge in [-0.3, -0.25) is 0 Å². The van der Waals surface area contributed by atoms with E-state index in [9.17, 15) is 8.78 Å². The zero-order valence-corrected chi connectivity index (χ0v) is 9.19. The molecule has 0 saturated carbocycles. The SMILES string of the molecule is CC[C@@H](C)CNCc1ccc(F)cc1F. The van der Waals surface area contributed by atoms with Crippen molar-refractivity contribution in [3.63, 3.8) is 0 Å². The Morgan fingerprint density at radius 2 is 2.07 bits per heavy atom. The van der Waals surface area contributed by atoms with Gasteiger partial charge in [-0.15, -0.1) is 0 Å². The van der Waals surface area contributed by atoms with Crippen molar-refractivity contribution in [2.45, 2.75) is 26.8 Å². The van der Waals surface area contributed by atoms with E-state index in [4.69, 9.17) is 0 Å². The Morgan fingerprint density at radius 3 is 2.67 bits per heavy atom. The molecule has 1 aromatic rings. The molecule has 0 bridgehead atoms. The van der Waals surface area contributed by atoms with Gasteiger partial charge in [0, 0.05) is 18.2 Å². The molecule has 0 amide bonds. The molecule has 84 valence electrons. The molecule has 0 aromatic heterocycles. The maximum Gasteiger partial charge on any atom is 0.130 e. The second-order valence-electron chi connectivity index (χ2n) is 3.88. The number of hydrogen-bond donors (Lipinski definition) is 1. The molecule has 1 nitrogen and oxygen atoms in total. The van der Waals surface area contributed by atoms with Gasteiger partial charge in [-0.2, -0.15) is 0 Å². The van der Waals surface area contributed by atoms with Crippen molar-refractivity contribution in [2.75, 3.05) is 6.54 Å². The van der Waals surface area contributed by atoms with Crippen LogP contribution in [0.5, 0.6) is 0 Å². The Morgan fingerprint density at radius 1 is 1.33 bits per heavy atom. The molecule has 1 N–H and O–H groups in total. The van der Waals surface area contributed by atoms with Gasteiger partial charge in [-0.25, -0.2) is 8.78 Å². The van der Waals surface area contributed by atoms with Crippen molar-refractivity contribution in [3.8, 4) is 0 Å². The molecule has 0 aliphatic heterocycles. The summed E-state index contributed by atoms with van der Waals surface area (Å²) >= 11 is 0. The molecule has 0 spiro atoms. The van der Waals surface area contributed by atoms with Gasteiger partial charge in [0.25, 0.3) is 0 Å². The minimum absolute atomic E-state index is 0.455. The summed E-state index contributed by atoms with van der Waals surface area (Å²) in [5.74, 6) is -0.432. The predicted octanol–water partition coefficient (Wildman–Crippen LogP) is 3.10. The number of rotatable bonds is 5. The molecular formula is C12H17F2N. The fourth-order valence-corrected chi connectivity index (χ4v) is 1.26. The number of hydrogen-bond acceptors (Lipinski definition) is 1. The largest absolute Gasteiger partial charge is 0.312 e. The lowest BCUT2D eigenvalue weighted by atomic mass is 10.1. The highest BCUT2D eigenvalue weighted by Gasteiger charge is 2.04. The minimum atomic E-state index is -0.529. The highest BCUT2D eigenvalue weighted by Crippen LogP contribution is 2.09. The zero-order valence-electron chi connectivity index (χ0n) is 9.19. The van der Waals surface area contributed by atoms with Crippen LogP contribution in [0.15, 0.2) is 18.2 Å². The number of nitrogens with one attached hydrogen (secondary N) is 1. The fourth-order valence-electron chi connectivity index (χ4n) is 1.26. The molecule has 1 atom stereocenters. The molecule has 0 radical (unpaired) electrons. The van der Waals surface area contributed by atoms with Gasteiger partial charge in [-0.05, 0) is 18.5 Å². The molecule has 3 heteroatoms. The normalized spacial score (nSPS) is 12.8. The van der Waals surface area contributed by atoms with E-state index >= 15 is 0 Å². The van der Waals surface area contributed by atoms with Crippen LogP contribution in [0.3, 0.4) is 0 Å². The molecule has 0 unspecified atom stereocenters. The van der Waals surface area contributed by atoms with E-state index in [0.717, 1.165) is 19.0 Å². The van der Waals surface area contributed by atoms with E-state index in [1.165, 1.54) is 12.1 Å². The summed E-state index contributed by atoms with van der Waals surface area (Å²) in [4.78, 5) is 0. The topological polar surface area (TPSA) is 12.0 Å². The molecule has 0 heterocycles. The van der Waals surface area contributed by atoms with Crippen molar-refractivity contribution in [1.82, 2.24) is 5.32 Å². The molecule has 0 fully saturated rings. The summed E-state index contributed by atoms with van der Waals surface area (Å²) in [7, 11) is 0. The van der Waals surface area contributed by atoms with Gasteiger partial charge in [-0.1, -0.05) is 26.3 Å². The lowest BCUT2D eigenvalue weighted by molar-refractivity contribution is 0.490. The van der Waals surface area contributed by atoms with Crippen molar-refractivity contribution in [2.24, 2.45) is 5.92 Å². The average molecular weight is 213 g/mol. The Kier molecular flexibility index (Phi) is 4.69. The standard InChI is InChI=1S/C12H17F2N/c1-3-9(2)7-15-8-10-4-5-11(13)6-12(10)14/h4-6,9,15H,3,7-8H2,1-2H3/t9-/m1/s1. The van der Waals surface area contributed by atoms with E-state index in [1.807, 2.05) is 0 Å². The third-order valence-electron chi connectivity index (χ3n) is 2.52. The Hall–Kier alpha value is -0.960. The van der Waals surface area contributed by atoms with E-state index in [1.54, 1.807) is 0 Å². The third kappa shape index (κ3) is 3.96. The van der Waals surface area contributed by atoms with Crippen LogP contribution < -0.4 is 5.32 Å². The lowest BCUT2D eigenvalue weighted by Crippen LogP contribution is -2.20. The second kappa shape index (κ2) is 5.81. The summed E-state index contributed by atoms with van der Waals surface area (Å²) < 4.78 is 25.8. The summed E-state index contributed by atoms with van der Waals surface area (Å²) in [6.45, 7) is 5.56. The molecule has 1 aromatic carbocycles. The van der Waals surface area contributed by atoms with Gasteiger partial charge in [0.2, 0.25) is 0 Å². The van der Waals surface area contributed by atoms with Crippen molar-refractivity contribution in [3.05, 3.63) is 35.4 Å². The van der Waals surface area contributed by atoms with Gasteiger partial charge >= 0.3 is 0 Å². The van der Waals surface area contributed by atoms with Crippen LogP contribution >= 0.6 is 0 Å². The molecule has 1 rings (SSSR count). The van der Waals surface area contributed by atoms with Gasteiger partial charge < -0.3 is 5.32 Å². The van der Waals surface area contributed by atoms with Crippen LogP contribution in [-0.2, 0) is 6.54 Å². The monoisotopic (exact) mass is 213 g/mol. The first-order valence-electron chi connectivity index (χ1n) is 5.28. The van der Waals surface area contributed by atoms with Crippen LogP contribution in [0.2, 0.25) is 0 Å². The molecule has 0 saturated heterocycles. The predicted molar refractivity (Wildman–Crippen MR) is 57.5 cm³/mol. The van der Waals surface area contributed by atoms with E-state index < -0.39 is 11.6 Å². The van der Waals surface area contributed by atoms with E-state index in [0.29, 0.717) is 18.0 Å². The van der Waals surface area contributed by atoms with Crippen LogP contribution in [0.1, 0.15) is 25.8 Å². The Labute approximate surface area is 89.5 Å². The Balaban J connectivity index is 2.44. The Bertz CT molecular complexity index is 312. The van der Waals surface area contributed by atoms with Crippen molar-refractivity contribution < 1.29 is 8.78 Å². The maximum atomic E-state index is 13.2. The number of halogens is 2. The first-order valence-corrected chi connectivity index (χ1v) is 5.28. The summed E-state index contributed by atoms with van der Waals surface area (Å²) in [5, 5.41) is 3.15. The van der Waals surface area contributed by atoms with Crippen LogP contribution in [0.4, 0.5) is 8.78 Å². The van der Waals surface area contributed by atoms with Gasteiger partial charge in [0.15, 0.2) is 0 Å². The molecule has 15 heavy (non-hydrogen) atoms. The summed E-state index contributed by atoms with van der Waals surface area (Å²) in [5.41, 5.74) is 0.514. The smallest absolute Gasteiger partial charge is 0.130 e. The van der Waals surface area contributed by atoms with Crippen molar-refractivity contribution in [1.29, 1.82) is 0 Å². The highest BCUT2D eigenvalue weighted by atomic mass is 19.1. The van der Waals surface area contributed by atoms with Crippen LogP contribution in [0, 0.1) is 17.6 Å². The zero-order chi connectivity index (χ0) is 11.3. The molecule has 0 aliphatic carbocycles. The quantitative estimate of drug-likeness (QED) is 0.792. The van der Waals surface area contributed by atoms with Gasteiger partial charge in [0.1, 0.15) is 11.6 Å². The van der Waals surface area contributed by atoms with Crippen LogP contribution in [0.25, 0.3) is 0 Å².